The Hall–Kier alpha value is -3.78. The van der Waals surface area contributed by atoms with Crippen molar-refractivity contribution in [3.8, 4) is 11.3 Å². The molecule has 40 heavy (non-hydrogen) atoms. The Morgan fingerprint density at radius 1 is 1.02 bits per heavy atom. The van der Waals surface area contributed by atoms with Crippen LogP contribution in [-0.2, 0) is 9.59 Å². The van der Waals surface area contributed by atoms with Crippen molar-refractivity contribution in [1.29, 1.82) is 0 Å². The summed E-state index contributed by atoms with van der Waals surface area (Å²) >= 11 is 0. The van der Waals surface area contributed by atoms with Crippen LogP contribution in [-0.4, -0.2) is 52.1 Å². The van der Waals surface area contributed by atoms with Gasteiger partial charge in [0.05, 0.1) is 18.2 Å². The fourth-order valence-corrected chi connectivity index (χ4v) is 5.23. The van der Waals surface area contributed by atoms with Crippen LogP contribution in [0.2, 0.25) is 0 Å². The van der Waals surface area contributed by atoms with E-state index < -0.39 is 18.1 Å². The summed E-state index contributed by atoms with van der Waals surface area (Å²) in [6.45, 7) is 10.9. The van der Waals surface area contributed by atoms with E-state index in [0.29, 0.717) is 12.0 Å². The lowest BCUT2D eigenvalue weighted by molar-refractivity contribution is -0.138. The number of hydrogen-bond acceptors (Lipinski definition) is 5. The Morgan fingerprint density at radius 2 is 1.70 bits per heavy atom. The van der Waals surface area contributed by atoms with E-state index in [4.69, 9.17) is 0 Å². The molecule has 1 unspecified atom stereocenters. The summed E-state index contributed by atoms with van der Waals surface area (Å²) < 4.78 is 1.47. The number of aromatic nitrogens is 2. The molecule has 214 valence electrons. The highest BCUT2D eigenvalue weighted by Gasteiger charge is 2.27. The van der Waals surface area contributed by atoms with Gasteiger partial charge in [-0.3, -0.25) is 19.4 Å². The predicted octanol–water partition coefficient (Wildman–Crippen LogP) is 5.11. The van der Waals surface area contributed by atoms with E-state index >= 15 is 0 Å². The van der Waals surface area contributed by atoms with Crippen LogP contribution in [0.5, 0.6) is 0 Å². The first kappa shape index (κ1) is 30.8. The molecule has 0 saturated heterocycles. The summed E-state index contributed by atoms with van der Waals surface area (Å²) in [6, 6.07) is 11.5. The van der Waals surface area contributed by atoms with Crippen LogP contribution in [0.4, 0.5) is 0 Å². The first-order valence-corrected chi connectivity index (χ1v) is 13.8. The molecule has 0 radical (unpaired) electrons. The van der Waals surface area contributed by atoms with E-state index in [1.165, 1.54) is 4.57 Å². The quantitative estimate of drug-likeness (QED) is 0.327. The molecule has 0 fully saturated rings. The number of likely N-dealkylation sites (N-methyl/N-ethyl adjacent to an activating group) is 1. The van der Waals surface area contributed by atoms with Gasteiger partial charge in [0.25, 0.3) is 5.56 Å². The SMILES string of the molecule is Cc1cccc(C)c1-c1cc([C@H](CC(=O)O)NC(=O)[C@H](CC(C)C)n2ccc(C(C)CN(C)C)cc2=O)ccn1. The van der Waals surface area contributed by atoms with Crippen molar-refractivity contribution < 1.29 is 14.7 Å². The number of aryl methyl sites for hydroxylation is 2. The molecule has 0 aliphatic carbocycles. The van der Waals surface area contributed by atoms with Crippen molar-refractivity contribution in [3.63, 3.8) is 0 Å². The third kappa shape index (κ3) is 7.88. The standard InChI is InChI=1S/C32H42N4O4/c1-20(2)15-28(36-14-12-24(17-29(36)37)23(5)19-35(6)7)32(40)34-26(18-30(38)39)25-11-13-33-27(16-25)31-21(3)9-8-10-22(31)4/h8-14,16-17,20,23,26,28H,15,18-19H2,1-7H3,(H,34,40)(H,38,39)/t23?,26-,28-/m0/s1. The van der Waals surface area contributed by atoms with E-state index in [1.54, 1.807) is 24.5 Å². The lowest BCUT2D eigenvalue weighted by Crippen LogP contribution is -2.40. The number of carboxylic acids is 1. The highest BCUT2D eigenvalue weighted by atomic mass is 16.4. The highest BCUT2D eigenvalue weighted by molar-refractivity contribution is 5.81. The fraction of sp³-hybridized carbons (Fsp3) is 0.438. The van der Waals surface area contributed by atoms with Crippen LogP contribution in [0.15, 0.2) is 59.7 Å². The maximum absolute atomic E-state index is 13.7. The molecular formula is C32H42N4O4. The molecule has 8 nitrogen and oxygen atoms in total. The normalized spacial score (nSPS) is 13.7. The molecule has 0 aliphatic heterocycles. The van der Waals surface area contributed by atoms with Gasteiger partial charge in [0, 0.05) is 30.6 Å². The number of carbonyl (C=O) groups excluding carboxylic acids is 1. The third-order valence-corrected chi connectivity index (χ3v) is 7.13. The maximum Gasteiger partial charge on any atom is 0.305 e. The molecule has 0 aliphatic rings. The Morgan fingerprint density at radius 3 is 2.27 bits per heavy atom. The Bertz CT molecular complexity index is 1380. The maximum atomic E-state index is 13.7. The first-order chi connectivity index (χ1) is 18.9. The van der Waals surface area contributed by atoms with Crippen LogP contribution in [0.3, 0.4) is 0 Å². The van der Waals surface area contributed by atoms with E-state index in [2.05, 4.69) is 22.1 Å². The van der Waals surface area contributed by atoms with E-state index in [1.807, 2.05) is 72.1 Å². The summed E-state index contributed by atoms with van der Waals surface area (Å²) in [4.78, 5) is 45.4. The first-order valence-electron chi connectivity index (χ1n) is 13.8. The number of nitrogens with zero attached hydrogens (tertiary/aromatic N) is 3. The second-order valence-corrected chi connectivity index (χ2v) is 11.4. The second kappa shape index (κ2) is 13.5. The Labute approximate surface area is 237 Å². The van der Waals surface area contributed by atoms with Crippen LogP contribution in [0.1, 0.15) is 73.9 Å². The molecule has 2 heterocycles. The second-order valence-electron chi connectivity index (χ2n) is 11.4. The van der Waals surface area contributed by atoms with Crippen LogP contribution < -0.4 is 10.9 Å². The summed E-state index contributed by atoms with van der Waals surface area (Å²) in [7, 11) is 3.98. The summed E-state index contributed by atoms with van der Waals surface area (Å²) in [6.07, 6.45) is 3.46. The number of rotatable bonds is 12. The van der Waals surface area contributed by atoms with Gasteiger partial charge in [-0.25, -0.2) is 0 Å². The van der Waals surface area contributed by atoms with E-state index in [0.717, 1.165) is 34.5 Å². The minimum absolute atomic E-state index is 0.129. The largest absolute Gasteiger partial charge is 0.481 e. The van der Waals surface area contributed by atoms with Crippen molar-refractivity contribution in [2.75, 3.05) is 20.6 Å². The number of hydrogen-bond donors (Lipinski definition) is 2. The van der Waals surface area contributed by atoms with Crippen LogP contribution >= 0.6 is 0 Å². The molecule has 3 aromatic rings. The highest BCUT2D eigenvalue weighted by Crippen LogP contribution is 2.29. The minimum Gasteiger partial charge on any atom is -0.481 e. The molecule has 0 spiro atoms. The van der Waals surface area contributed by atoms with E-state index in [9.17, 15) is 19.5 Å². The zero-order valence-corrected chi connectivity index (χ0v) is 24.6. The predicted molar refractivity (Wildman–Crippen MR) is 158 cm³/mol. The van der Waals surface area contributed by atoms with Gasteiger partial charge in [-0.05, 0) is 86.7 Å². The van der Waals surface area contributed by atoms with Crippen molar-refractivity contribution in [2.24, 2.45) is 5.92 Å². The number of aliphatic carboxylic acids is 1. The number of benzene rings is 1. The topological polar surface area (TPSA) is 105 Å². The van der Waals surface area contributed by atoms with Gasteiger partial charge in [0.2, 0.25) is 5.91 Å². The zero-order valence-electron chi connectivity index (χ0n) is 24.6. The molecule has 3 atom stereocenters. The van der Waals surface area contributed by atoms with Crippen LogP contribution in [0, 0.1) is 19.8 Å². The van der Waals surface area contributed by atoms with Gasteiger partial charge in [-0.2, -0.15) is 0 Å². The molecule has 1 aromatic carbocycles. The van der Waals surface area contributed by atoms with Crippen molar-refractivity contribution >= 4 is 11.9 Å². The minimum atomic E-state index is -1.03. The molecule has 2 N–H and O–H groups in total. The average molecular weight is 547 g/mol. The molecule has 2 aromatic heterocycles. The van der Waals surface area contributed by atoms with Gasteiger partial charge in [-0.1, -0.05) is 39.0 Å². The number of nitrogens with one attached hydrogen (secondary N) is 1. The smallest absolute Gasteiger partial charge is 0.305 e. The summed E-state index contributed by atoms with van der Waals surface area (Å²) in [5, 5.41) is 12.7. The average Bonchev–Trinajstić information content (AvgIpc) is 2.86. The van der Waals surface area contributed by atoms with Gasteiger partial charge < -0.3 is 19.9 Å². The van der Waals surface area contributed by atoms with Gasteiger partial charge >= 0.3 is 5.97 Å². The van der Waals surface area contributed by atoms with Crippen molar-refractivity contribution in [1.82, 2.24) is 19.8 Å². The molecule has 0 bridgehead atoms. The molecule has 8 heteroatoms. The van der Waals surface area contributed by atoms with Gasteiger partial charge in [0.1, 0.15) is 6.04 Å². The Kier molecular flexibility index (Phi) is 10.4. The monoisotopic (exact) mass is 546 g/mol. The summed E-state index contributed by atoms with van der Waals surface area (Å²) in [5.41, 5.74) is 5.13. The number of carbonyl (C=O) groups is 2. The lowest BCUT2D eigenvalue weighted by Gasteiger charge is -2.26. The Balaban J connectivity index is 1.96. The molecule has 1 amide bonds. The fourth-order valence-electron chi connectivity index (χ4n) is 5.23. The third-order valence-electron chi connectivity index (χ3n) is 7.13. The van der Waals surface area contributed by atoms with E-state index in [-0.39, 0.29) is 29.7 Å². The lowest BCUT2D eigenvalue weighted by atomic mass is 9.96. The summed E-state index contributed by atoms with van der Waals surface area (Å²) in [5.74, 6) is -1.13. The number of carboxylic acid groups (broad SMARTS) is 1. The van der Waals surface area contributed by atoms with Gasteiger partial charge in [0.15, 0.2) is 0 Å². The van der Waals surface area contributed by atoms with Crippen molar-refractivity contribution in [2.45, 2.75) is 65.5 Å². The van der Waals surface area contributed by atoms with Gasteiger partial charge in [-0.15, -0.1) is 0 Å². The molecule has 3 rings (SSSR count). The number of amides is 1. The number of pyridine rings is 2. The van der Waals surface area contributed by atoms with Crippen molar-refractivity contribution in [3.05, 3.63) is 87.5 Å². The molecular weight excluding hydrogens is 504 g/mol. The molecule has 0 saturated carbocycles. The zero-order chi connectivity index (χ0) is 29.6. The van der Waals surface area contributed by atoms with Crippen LogP contribution in [0.25, 0.3) is 11.3 Å².